The zero-order valence-electron chi connectivity index (χ0n) is 13.3. The van der Waals surface area contributed by atoms with Gasteiger partial charge in [-0.25, -0.2) is 0 Å². The van der Waals surface area contributed by atoms with Gasteiger partial charge < -0.3 is 4.74 Å². The number of nitrogens with zero attached hydrogens (tertiary/aromatic N) is 1. The molecule has 1 aliphatic rings. The van der Waals surface area contributed by atoms with Gasteiger partial charge in [-0.05, 0) is 38.1 Å². The number of carbonyl (C=O) groups is 2. The Morgan fingerprint density at radius 1 is 0.957 bits per heavy atom. The molecule has 1 aliphatic heterocycles. The number of hydrogen-bond acceptors (Lipinski definition) is 3. The maximum absolute atomic E-state index is 12.4. The van der Waals surface area contributed by atoms with E-state index in [0.29, 0.717) is 24.2 Å². The van der Waals surface area contributed by atoms with Crippen molar-refractivity contribution in [2.45, 2.75) is 26.3 Å². The molecule has 0 N–H and O–H groups in total. The number of hydrogen-bond donors (Lipinski definition) is 0. The van der Waals surface area contributed by atoms with Crippen LogP contribution in [0.3, 0.4) is 0 Å². The number of benzene rings is 2. The number of imide groups is 1. The minimum Gasteiger partial charge on any atom is -0.494 e. The summed E-state index contributed by atoms with van der Waals surface area (Å²) in [4.78, 5) is 26.1. The normalized spacial score (nSPS) is 14.8. The minimum atomic E-state index is -0.214. The highest BCUT2D eigenvalue weighted by atomic mass is 16.5. The summed E-state index contributed by atoms with van der Waals surface area (Å²) < 4.78 is 5.69. The zero-order valence-corrected chi connectivity index (χ0v) is 13.3. The summed E-state index contributed by atoms with van der Waals surface area (Å²) >= 11 is 0. The smallest absolute Gasteiger partial charge is 0.261 e. The second-order valence-corrected chi connectivity index (χ2v) is 5.83. The average molecular weight is 309 g/mol. The van der Waals surface area contributed by atoms with Crippen LogP contribution in [-0.2, 0) is 0 Å². The lowest BCUT2D eigenvalue weighted by Gasteiger charge is -2.22. The van der Waals surface area contributed by atoms with Crippen LogP contribution in [0.2, 0.25) is 0 Å². The molecule has 118 valence electrons. The number of ether oxygens (including phenoxy) is 1. The van der Waals surface area contributed by atoms with Crippen molar-refractivity contribution in [3.63, 3.8) is 0 Å². The van der Waals surface area contributed by atoms with Crippen LogP contribution in [0.5, 0.6) is 5.75 Å². The number of carbonyl (C=O) groups excluding carboxylic acids is 2. The SMILES string of the molecule is Cc1ccc(OCCC(C)N2C(=O)c3ccccc3C2=O)cc1. The third kappa shape index (κ3) is 2.97. The third-order valence-electron chi connectivity index (χ3n) is 4.09. The Labute approximate surface area is 135 Å². The highest BCUT2D eigenvalue weighted by Crippen LogP contribution is 2.25. The summed E-state index contributed by atoms with van der Waals surface area (Å²) in [7, 11) is 0. The fourth-order valence-corrected chi connectivity index (χ4v) is 2.72. The van der Waals surface area contributed by atoms with E-state index in [1.54, 1.807) is 24.3 Å². The number of rotatable bonds is 5. The Morgan fingerprint density at radius 2 is 1.52 bits per heavy atom. The first-order valence-corrected chi connectivity index (χ1v) is 7.74. The summed E-state index contributed by atoms with van der Waals surface area (Å²) in [5.41, 5.74) is 2.16. The standard InChI is InChI=1S/C19H19NO3/c1-13-7-9-15(10-8-13)23-12-11-14(2)20-18(21)16-5-3-4-6-17(16)19(20)22/h3-10,14H,11-12H2,1-2H3. The van der Waals surface area contributed by atoms with Gasteiger partial charge in [-0.1, -0.05) is 29.8 Å². The Hall–Kier alpha value is -2.62. The molecule has 0 radical (unpaired) electrons. The summed E-state index contributed by atoms with van der Waals surface area (Å²) in [6.07, 6.45) is 0.597. The fraction of sp³-hybridized carbons (Fsp3) is 0.263. The molecule has 0 aromatic heterocycles. The molecule has 0 bridgehead atoms. The summed E-state index contributed by atoms with van der Waals surface area (Å²) in [6, 6.07) is 14.6. The molecular weight excluding hydrogens is 290 g/mol. The first-order chi connectivity index (χ1) is 11.1. The molecule has 4 nitrogen and oxygen atoms in total. The van der Waals surface area contributed by atoms with Gasteiger partial charge in [0.2, 0.25) is 0 Å². The van der Waals surface area contributed by atoms with Crippen molar-refractivity contribution in [1.82, 2.24) is 4.90 Å². The first kappa shape index (κ1) is 15.3. The van der Waals surface area contributed by atoms with Crippen molar-refractivity contribution in [1.29, 1.82) is 0 Å². The van der Waals surface area contributed by atoms with E-state index in [1.165, 1.54) is 10.5 Å². The molecule has 0 fully saturated rings. The number of aryl methyl sites for hydroxylation is 1. The number of fused-ring (bicyclic) bond motifs is 1. The molecule has 1 atom stereocenters. The molecule has 0 saturated carbocycles. The molecule has 3 rings (SSSR count). The fourth-order valence-electron chi connectivity index (χ4n) is 2.72. The van der Waals surface area contributed by atoms with Crippen LogP contribution >= 0.6 is 0 Å². The maximum atomic E-state index is 12.4. The molecule has 2 aromatic carbocycles. The van der Waals surface area contributed by atoms with Crippen LogP contribution in [0.15, 0.2) is 48.5 Å². The average Bonchev–Trinajstić information content (AvgIpc) is 2.81. The van der Waals surface area contributed by atoms with Crippen LogP contribution in [0.25, 0.3) is 0 Å². The summed E-state index contributed by atoms with van der Waals surface area (Å²) in [6.45, 7) is 4.35. The van der Waals surface area contributed by atoms with Gasteiger partial charge >= 0.3 is 0 Å². The van der Waals surface area contributed by atoms with E-state index in [1.807, 2.05) is 38.1 Å². The lowest BCUT2D eigenvalue weighted by Crippen LogP contribution is -2.38. The Kier molecular flexibility index (Phi) is 4.15. The van der Waals surface area contributed by atoms with Crippen molar-refractivity contribution in [2.75, 3.05) is 6.61 Å². The van der Waals surface area contributed by atoms with Crippen molar-refractivity contribution < 1.29 is 14.3 Å². The predicted molar refractivity (Wildman–Crippen MR) is 87.7 cm³/mol. The van der Waals surface area contributed by atoms with Gasteiger partial charge in [0.15, 0.2) is 0 Å². The lowest BCUT2D eigenvalue weighted by molar-refractivity contribution is 0.0579. The second kappa shape index (κ2) is 6.24. The lowest BCUT2D eigenvalue weighted by atomic mass is 10.1. The van der Waals surface area contributed by atoms with E-state index in [-0.39, 0.29) is 17.9 Å². The van der Waals surface area contributed by atoms with Crippen molar-refractivity contribution >= 4 is 11.8 Å². The molecule has 0 aliphatic carbocycles. The van der Waals surface area contributed by atoms with Gasteiger partial charge in [-0.15, -0.1) is 0 Å². The van der Waals surface area contributed by atoms with Gasteiger partial charge in [-0.2, -0.15) is 0 Å². The van der Waals surface area contributed by atoms with E-state index in [4.69, 9.17) is 4.74 Å². The largest absolute Gasteiger partial charge is 0.494 e. The predicted octanol–water partition coefficient (Wildman–Crippen LogP) is 3.45. The van der Waals surface area contributed by atoms with Gasteiger partial charge in [0.05, 0.1) is 17.7 Å². The Bertz CT molecular complexity index is 702. The minimum absolute atomic E-state index is 0.201. The molecule has 2 amide bonds. The summed E-state index contributed by atoms with van der Waals surface area (Å²) in [5.74, 6) is 0.368. The van der Waals surface area contributed by atoms with Crippen LogP contribution < -0.4 is 4.74 Å². The molecule has 0 spiro atoms. The van der Waals surface area contributed by atoms with Crippen LogP contribution in [0, 0.1) is 6.92 Å². The van der Waals surface area contributed by atoms with Crippen molar-refractivity contribution in [2.24, 2.45) is 0 Å². The van der Waals surface area contributed by atoms with Crippen LogP contribution in [0.4, 0.5) is 0 Å². The van der Waals surface area contributed by atoms with E-state index in [2.05, 4.69) is 0 Å². The van der Waals surface area contributed by atoms with E-state index >= 15 is 0 Å². The van der Waals surface area contributed by atoms with Gasteiger partial charge in [0, 0.05) is 12.5 Å². The van der Waals surface area contributed by atoms with Gasteiger partial charge in [-0.3, -0.25) is 14.5 Å². The molecule has 23 heavy (non-hydrogen) atoms. The van der Waals surface area contributed by atoms with Gasteiger partial charge in [0.25, 0.3) is 11.8 Å². The monoisotopic (exact) mass is 309 g/mol. The van der Waals surface area contributed by atoms with Crippen LogP contribution in [-0.4, -0.2) is 29.4 Å². The number of amides is 2. The molecule has 0 saturated heterocycles. The Morgan fingerprint density at radius 3 is 2.09 bits per heavy atom. The third-order valence-corrected chi connectivity index (χ3v) is 4.09. The highest BCUT2D eigenvalue weighted by Gasteiger charge is 2.37. The molecule has 2 aromatic rings. The van der Waals surface area contributed by atoms with E-state index < -0.39 is 0 Å². The van der Waals surface area contributed by atoms with Crippen molar-refractivity contribution in [3.05, 3.63) is 65.2 Å². The molecular formula is C19H19NO3. The Balaban J connectivity index is 1.61. The van der Waals surface area contributed by atoms with Crippen molar-refractivity contribution in [3.8, 4) is 5.75 Å². The van der Waals surface area contributed by atoms with Crippen LogP contribution in [0.1, 0.15) is 39.6 Å². The van der Waals surface area contributed by atoms with E-state index in [9.17, 15) is 9.59 Å². The van der Waals surface area contributed by atoms with E-state index in [0.717, 1.165) is 5.75 Å². The zero-order chi connectivity index (χ0) is 16.4. The summed E-state index contributed by atoms with van der Waals surface area (Å²) in [5, 5.41) is 0. The molecule has 1 heterocycles. The van der Waals surface area contributed by atoms with Gasteiger partial charge in [0.1, 0.15) is 5.75 Å². The first-order valence-electron chi connectivity index (χ1n) is 7.74. The highest BCUT2D eigenvalue weighted by molar-refractivity contribution is 6.21. The quantitative estimate of drug-likeness (QED) is 0.795. The maximum Gasteiger partial charge on any atom is 0.261 e. The topological polar surface area (TPSA) is 46.6 Å². The molecule has 4 heteroatoms. The second-order valence-electron chi connectivity index (χ2n) is 5.83. The molecule has 1 unspecified atom stereocenters.